The zero-order valence-electron chi connectivity index (χ0n) is 13.7. The number of halogens is 4. The third-order valence-corrected chi connectivity index (χ3v) is 3.87. The fourth-order valence-electron chi connectivity index (χ4n) is 2.27. The fourth-order valence-corrected chi connectivity index (χ4v) is 2.74. The molecule has 11 heteroatoms. The zero-order valence-corrected chi connectivity index (χ0v) is 15.2. The molecule has 0 unspecified atom stereocenters. The summed E-state index contributed by atoms with van der Waals surface area (Å²) in [6.45, 7) is 4.99. The molecule has 3 heterocycles. The maximum Gasteiger partial charge on any atom is 0.209 e. The summed E-state index contributed by atoms with van der Waals surface area (Å²) in [4.78, 5) is 17.0. The van der Waals surface area contributed by atoms with Crippen molar-refractivity contribution < 1.29 is 8.78 Å². The maximum absolute atomic E-state index is 13.8. The lowest BCUT2D eigenvalue weighted by molar-refractivity contribution is 0.609. The van der Waals surface area contributed by atoms with E-state index < -0.39 is 11.6 Å². The molecule has 25 heavy (non-hydrogen) atoms. The number of hydrazine groups is 1. The summed E-state index contributed by atoms with van der Waals surface area (Å²) in [5, 5.41) is -0.477. The summed E-state index contributed by atoms with van der Waals surface area (Å²) in [5.41, 5.74) is 2.25. The van der Waals surface area contributed by atoms with Gasteiger partial charge in [0.1, 0.15) is 11.6 Å². The molecule has 1 fully saturated rings. The number of nitrogen functional groups attached to an aromatic ring is 1. The Morgan fingerprint density at radius 1 is 0.920 bits per heavy atom. The number of anilines is 2. The molecular formula is C14H17Cl2F2N7. The molecule has 1 aliphatic rings. The molecule has 0 radical (unpaired) electrons. The highest BCUT2D eigenvalue weighted by Crippen LogP contribution is 2.25. The van der Waals surface area contributed by atoms with Crippen molar-refractivity contribution in [2.24, 2.45) is 5.84 Å². The SMILES string of the molecule is Cc1nc(Cl)c(F)c(Cl)n1.Cc1nc(NN)c(F)c(N2CCCC2)n1. The molecule has 136 valence electrons. The first-order valence-corrected chi connectivity index (χ1v) is 8.20. The van der Waals surface area contributed by atoms with Crippen LogP contribution in [0.25, 0.3) is 0 Å². The van der Waals surface area contributed by atoms with Gasteiger partial charge < -0.3 is 10.3 Å². The van der Waals surface area contributed by atoms with Gasteiger partial charge in [0.2, 0.25) is 5.82 Å². The van der Waals surface area contributed by atoms with Crippen LogP contribution in [0.15, 0.2) is 0 Å². The Balaban J connectivity index is 0.000000196. The Kier molecular flexibility index (Phi) is 6.63. The molecule has 0 saturated carbocycles. The predicted molar refractivity (Wildman–Crippen MR) is 92.7 cm³/mol. The van der Waals surface area contributed by atoms with Gasteiger partial charge in [-0.3, -0.25) is 0 Å². The van der Waals surface area contributed by atoms with Gasteiger partial charge in [-0.05, 0) is 26.7 Å². The molecule has 0 aromatic carbocycles. The second kappa shape index (κ2) is 8.50. The van der Waals surface area contributed by atoms with Crippen LogP contribution < -0.4 is 16.2 Å². The van der Waals surface area contributed by atoms with Crippen molar-refractivity contribution in [3.8, 4) is 0 Å². The Bertz CT molecular complexity index is 731. The number of aromatic nitrogens is 4. The van der Waals surface area contributed by atoms with E-state index in [0.29, 0.717) is 17.5 Å². The van der Waals surface area contributed by atoms with Crippen LogP contribution in [-0.4, -0.2) is 33.0 Å². The molecule has 7 nitrogen and oxygen atoms in total. The van der Waals surface area contributed by atoms with Gasteiger partial charge >= 0.3 is 0 Å². The van der Waals surface area contributed by atoms with Crippen molar-refractivity contribution in [3.05, 3.63) is 33.6 Å². The topological polar surface area (TPSA) is 92.8 Å². The van der Waals surface area contributed by atoms with Crippen LogP contribution >= 0.6 is 23.2 Å². The van der Waals surface area contributed by atoms with Crippen LogP contribution in [-0.2, 0) is 0 Å². The lowest BCUT2D eigenvalue weighted by Gasteiger charge is -2.18. The lowest BCUT2D eigenvalue weighted by Crippen LogP contribution is -2.23. The molecule has 1 aliphatic heterocycles. The van der Waals surface area contributed by atoms with Crippen LogP contribution in [0.3, 0.4) is 0 Å². The summed E-state index contributed by atoms with van der Waals surface area (Å²) in [5.74, 6) is 5.24. The molecule has 0 atom stereocenters. The Morgan fingerprint density at radius 3 is 1.96 bits per heavy atom. The minimum absolute atomic E-state index is 0.0596. The molecule has 0 amide bonds. The van der Waals surface area contributed by atoms with Gasteiger partial charge in [-0.1, -0.05) is 23.2 Å². The highest BCUT2D eigenvalue weighted by molar-refractivity contribution is 6.33. The van der Waals surface area contributed by atoms with Gasteiger partial charge in [0, 0.05) is 13.1 Å². The van der Waals surface area contributed by atoms with Crippen molar-refractivity contribution in [2.45, 2.75) is 26.7 Å². The molecule has 0 spiro atoms. The van der Waals surface area contributed by atoms with E-state index in [-0.39, 0.29) is 16.1 Å². The quantitative estimate of drug-likeness (QED) is 0.461. The third kappa shape index (κ3) is 4.83. The largest absolute Gasteiger partial charge is 0.354 e. The van der Waals surface area contributed by atoms with Gasteiger partial charge in [0.15, 0.2) is 27.8 Å². The number of hydrogen-bond acceptors (Lipinski definition) is 7. The van der Waals surface area contributed by atoms with Gasteiger partial charge in [0.05, 0.1) is 0 Å². The van der Waals surface area contributed by atoms with Crippen molar-refractivity contribution in [3.63, 3.8) is 0 Å². The van der Waals surface area contributed by atoms with Crippen molar-refractivity contribution in [1.29, 1.82) is 0 Å². The molecule has 1 saturated heterocycles. The molecule has 0 bridgehead atoms. The Labute approximate surface area is 153 Å². The highest BCUT2D eigenvalue weighted by Gasteiger charge is 2.21. The van der Waals surface area contributed by atoms with Gasteiger partial charge in [-0.25, -0.2) is 30.2 Å². The fraction of sp³-hybridized carbons (Fsp3) is 0.429. The molecule has 2 aromatic heterocycles. The number of aryl methyl sites for hydroxylation is 2. The number of nitrogens with two attached hydrogens (primary N) is 1. The van der Waals surface area contributed by atoms with Gasteiger partial charge in [-0.2, -0.15) is 4.39 Å². The van der Waals surface area contributed by atoms with Crippen LogP contribution in [0.4, 0.5) is 20.4 Å². The first-order valence-electron chi connectivity index (χ1n) is 7.44. The zero-order chi connectivity index (χ0) is 18.6. The summed E-state index contributed by atoms with van der Waals surface area (Å²) in [6, 6.07) is 0. The number of rotatable bonds is 2. The van der Waals surface area contributed by atoms with Crippen LogP contribution in [0.5, 0.6) is 0 Å². The number of nitrogens with zero attached hydrogens (tertiary/aromatic N) is 5. The van der Waals surface area contributed by atoms with E-state index in [9.17, 15) is 8.78 Å². The monoisotopic (exact) mass is 391 g/mol. The molecule has 3 rings (SSSR count). The van der Waals surface area contributed by atoms with Crippen molar-refractivity contribution >= 4 is 34.8 Å². The second-order valence-electron chi connectivity index (χ2n) is 5.26. The Hall–Kier alpha value is -1.84. The van der Waals surface area contributed by atoms with Crippen LogP contribution in [0.2, 0.25) is 10.3 Å². The first-order chi connectivity index (χ1) is 11.8. The van der Waals surface area contributed by atoms with Crippen LogP contribution in [0, 0.1) is 25.5 Å². The summed E-state index contributed by atoms with van der Waals surface area (Å²) < 4.78 is 26.3. The van der Waals surface area contributed by atoms with Crippen molar-refractivity contribution in [2.75, 3.05) is 23.4 Å². The van der Waals surface area contributed by atoms with Gasteiger partial charge in [-0.15, -0.1) is 0 Å². The minimum atomic E-state index is -0.770. The smallest absolute Gasteiger partial charge is 0.209 e. The second-order valence-corrected chi connectivity index (χ2v) is 5.98. The summed E-state index contributed by atoms with van der Waals surface area (Å²) in [7, 11) is 0. The minimum Gasteiger partial charge on any atom is -0.354 e. The van der Waals surface area contributed by atoms with E-state index in [4.69, 9.17) is 29.0 Å². The first kappa shape index (κ1) is 19.5. The summed E-state index contributed by atoms with van der Waals surface area (Å²) in [6.07, 6.45) is 2.15. The van der Waals surface area contributed by atoms with E-state index in [2.05, 4.69) is 25.4 Å². The number of nitrogens with one attached hydrogen (secondary N) is 1. The normalized spacial score (nSPS) is 13.5. The molecule has 0 aliphatic carbocycles. The van der Waals surface area contributed by atoms with Crippen LogP contribution in [0.1, 0.15) is 24.5 Å². The van der Waals surface area contributed by atoms with Crippen molar-refractivity contribution in [1.82, 2.24) is 19.9 Å². The average molecular weight is 392 g/mol. The molecule has 2 aromatic rings. The van der Waals surface area contributed by atoms with E-state index in [1.165, 1.54) is 0 Å². The third-order valence-electron chi connectivity index (χ3n) is 3.37. The summed E-state index contributed by atoms with van der Waals surface area (Å²) >= 11 is 10.6. The van der Waals surface area contributed by atoms with E-state index in [0.717, 1.165) is 25.9 Å². The van der Waals surface area contributed by atoms with E-state index in [1.54, 1.807) is 13.8 Å². The lowest BCUT2D eigenvalue weighted by atomic mass is 10.4. The highest BCUT2D eigenvalue weighted by atomic mass is 35.5. The average Bonchev–Trinajstić information content (AvgIpc) is 3.09. The van der Waals surface area contributed by atoms with Gasteiger partial charge in [0.25, 0.3) is 0 Å². The maximum atomic E-state index is 13.8. The molecule has 3 N–H and O–H groups in total. The van der Waals surface area contributed by atoms with E-state index >= 15 is 0 Å². The Morgan fingerprint density at radius 2 is 1.44 bits per heavy atom. The standard InChI is InChI=1S/C9H14FN5.C5H3Cl2FN2/c1-6-12-8(14-11)7(10)9(13-6)15-4-2-3-5-15;1-2-9-4(6)3(8)5(7)10-2/h2-5,11H2,1H3,(H,12,13,14);1H3. The van der Waals surface area contributed by atoms with E-state index in [1.807, 2.05) is 4.90 Å². The number of hydrogen-bond donors (Lipinski definition) is 2. The predicted octanol–water partition coefficient (Wildman–Crippen LogP) is 3.04. The molecular weight excluding hydrogens is 375 g/mol.